The lowest BCUT2D eigenvalue weighted by Crippen LogP contribution is -2.14. The molecule has 0 spiro atoms. The van der Waals surface area contributed by atoms with Crippen molar-refractivity contribution < 1.29 is 26.0 Å². The maximum atomic E-state index is 13.4. The first kappa shape index (κ1) is 15.3. The Kier molecular flexibility index (Phi) is 3.91. The Labute approximate surface area is 118 Å². The number of alkyl halides is 3. The van der Waals surface area contributed by atoms with E-state index in [2.05, 4.69) is 0 Å². The molecule has 0 aliphatic heterocycles. The molecule has 8 heteroatoms. The number of hydrogen-bond donors (Lipinski definition) is 1. The fourth-order valence-electron chi connectivity index (χ4n) is 1.60. The third-order valence-electron chi connectivity index (χ3n) is 2.59. The molecule has 0 fully saturated rings. The second-order valence-corrected chi connectivity index (χ2v) is 5.76. The van der Waals surface area contributed by atoms with Gasteiger partial charge in [0.1, 0.15) is 10.7 Å². The third-order valence-corrected chi connectivity index (χ3v) is 4.01. The summed E-state index contributed by atoms with van der Waals surface area (Å²) in [5, 5.41) is 0. The SMILES string of the molecule is O=S(=O)(Nc1ccc(C(F)(F)F)cc1)c1ccccc1F. The second-order valence-electron chi connectivity index (χ2n) is 4.11. The van der Waals surface area contributed by atoms with Gasteiger partial charge in [-0.15, -0.1) is 0 Å². The minimum absolute atomic E-state index is 0.0914. The Balaban J connectivity index is 2.28. The summed E-state index contributed by atoms with van der Waals surface area (Å²) in [7, 11) is -4.20. The van der Waals surface area contributed by atoms with Crippen LogP contribution < -0.4 is 4.72 Å². The van der Waals surface area contributed by atoms with E-state index >= 15 is 0 Å². The van der Waals surface area contributed by atoms with E-state index in [1.165, 1.54) is 12.1 Å². The molecule has 0 amide bonds. The molecule has 0 aromatic heterocycles. The highest BCUT2D eigenvalue weighted by molar-refractivity contribution is 7.92. The fourth-order valence-corrected chi connectivity index (χ4v) is 2.74. The molecule has 3 nitrogen and oxygen atoms in total. The second kappa shape index (κ2) is 5.36. The highest BCUT2D eigenvalue weighted by Crippen LogP contribution is 2.30. The quantitative estimate of drug-likeness (QED) is 0.878. The number of anilines is 1. The summed E-state index contributed by atoms with van der Waals surface area (Å²) in [6, 6.07) is 8.08. The topological polar surface area (TPSA) is 46.2 Å². The van der Waals surface area contributed by atoms with Crippen molar-refractivity contribution in [1.82, 2.24) is 0 Å². The monoisotopic (exact) mass is 319 g/mol. The van der Waals surface area contributed by atoms with Crippen LogP contribution in [0.5, 0.6) is 0 Å². The van der Waals surface area contributed by atoms with Crippen LogP contribution in [0.3, 0.4) is 0 Å². The molecule has 2 aromatic rings. The van der Waals surface area contributed by atoms with E-state index in [1.807, 2.05) is 4.72 Å². The van der Waals surface area contributed by atoms with Crippen LogP contribution in [0.15, 0.2) is 53.4 Å². The summed E-state index contributed by atoms with van der Waals surface area (Å²) < 4.78 is 76.5. The maximum Gasteiger partial charge on any atom is 0.416 e. The highest BCUT2D eigenvalue weighted by atomic mass is 32.2. The first-order valence-corrected chi connectivity index (χ1v) is 7.13. The van der Waals surface area contributed by atoms with Crippen molar-refractivity contribution in [2.24, 2.45) is 0 Å². The summed E-state index contributed by atoms with van der Waals surface area (Å²) in [5.41, 5.74) is -0.998. The molecule has 21 heavy (non-hydrogen) atoms. The zero-order chi connectivity index (χ0) is 15.7. The van der Waals surface area contributed by atoms with Crippen molar-refractivity contribution in [3.8, 4) is 0 Å². The fraction of sp³-hybridized carbons (Fsp3) is 0.0769. The molecule has 2 aromatic carbocycles. The average Bonchev–Trinajstić information content (AvgIpc) is 2.38. The number of hydrogen-bond acceptors (Lipinski definition) is 2. The molecule has 112 valence electrons. The Morgan fingerprint density at radius 2 is 1.48 bits per heavy atom. The van der Waals surface area contributed by atoms with Gasteiger partial charge >= 0.3 is 6.18 Å². The summed E-state index contributed by atoms with van der Waals surface area (Å²) >= 11 is 0. The molecule has 0 saturated heterocycles. The first-order valence-electron chi connectivity index (χ1n) is 5.65. The van der Waals surface area contributed by atoms with Crippen LogP contribution in [-0.4, -0.2) is 8.42 Å². The van der Waals surface area contributed by atoms with Crippen LogP contribution in [0.2, 0.25) is 0 Å². The molecule has 0 saturated carbocycles. The van der Waals surface area contributed by atoms with Gasteiger partial charge in [-0.2, -0.15) is 13.2 Å². The van der Waals surface area contributed by atoms with Crippen molar-refractivity contribution in [3.05, 3.63) is 59.9 Å². The molecular formula is C13H9F4NO2S. The third kappa shape index (κ3) is 3.52. The summed E-state index contributed by atoms with van der Waals surface area (Å²) in [4.78, 5) is -0.579. The lowest BCUT2D eigenvalue weighted by molar-refractivity contribution is -0.137. The Hall–Kier alpha value is -2.09. The average molecular weight is 319 g/mol. The van der Waals surface area contributed by atoms with Gasteiger partial charge in [-0.05, 0) is 36.4 Å². The van der Waals surface area contributed by atoms with Gasteiger partial charge in [-0.1, -0.05) is 12.1 Å². The van der Waals surface area contributed by atoms with E-state index in [4.69, 9.17) is 0 Å². The molecule has 0 unspecified atom stereocenters. The number of sulfonamides is 1. The van der Waals surface area contributed by atoms with Gasteiger partial charge in [0, 0.05) is 5.69 Å². The zero-order valence-electron chi connectivity index (χ0n) is 10.4. The number of nitrogens with one attached hydrogen (secondary N) is 1. The van der Waals surface area contributed by atoms with Crippen molar-refractivity contribution in [2.45, 2.75) is 11.1 Å². The van der Waals surface area contributed by atoms with Gasteiger partial charge in [0.25, 0.3) is 10.0 Å². The van der Waals surface area contributed by atoms with E-state index in [-0.39, 0.29) is 5.69 Å². The van der Waals surface area contributed by atoms with Crippen LogP contribution in [0.1, 0.15) is 5.56 Å². The summed E-state index contributed by atoms with van der Waals surface area (Å²) in [5.74, 6) is -0.947. The molecular weight excluding hydrogens is 310 g/mol. The van der Waals surface area contributed by atoms with Crippen LogP contribution >= 0.6 is 0 Å². The largest absolute Gasteiger partial charge is 0.416 e. The minimum atomic E-state index is -4.51. The van der Waals surface area contributed by atoms with Gasteiger partial charge in [0.15, 0.2) is 0 Å². The lowest BCUT2D eigenvalue weighted by atomic mass is 10.2. The minimum Gasteiger partial charge on any atom is -0.280 e. The first-order chi connectivity index (χ1) is 9.70. The molecule has 0 atom stereocenters. The molecule has 0 heterocycles. The molecule has 2 rings (SSSR count). The van der Waals surface area contributed by atoms with Crippen molar-refractivity contribution in [2.75, 3.05) is 4.72 Å². The Morgan fingerprint density at radius 1 is 0.905 bits per heavy atom. The molecule has 0 aliphatic carbocycles. The van der Waals surface area contributed by atoms with Gasteiger partial charge in [0.2, 0.25) is 0 Å². The van der Waals surface area contributed by atoms with E-state index in [0.29, 0.717) is 0 Å². The van der Waals surface area contributed by atoms with Crippen LogP contribution in [0.25, 0.3) is 0 Å². The van der Waals surface area contributed by atoms with Gasteiger partial charge in [0.05, 0.1) is 5.56 Å². The standard InChI is InChI=1S/C13H9F4NO2S/c14-11-3-1-2-4-12(11)21(19,20)18-10-7-5-9(6-8-10)13(15,16)17/h1-8,18H. The van der Waals surface area contributed by atoms with E-state index in [1.54, 1.807) is 0 Å². The number of rotatable bonds is 3. The number of benzene rings is 2. The molecule has 0 radical (unpaired) electrons. The molecule has 0 aliphatic rings. The van der Waals surface area contributed by atoms with E-state index in [9.17, 15) is 26.0 Å². The Morgan fingerprint density at radius 3 is 2.00 bits per heavy atom. The van der Waals surface area contributed by atoms with Crippen LogP contribution in [0, 0.1) is 5.82 Å². The predicted octanol–water partition coefficient (Wildman–Crippen LogP) is 3.65. The summed E-state index contributed by atoms with van der Waals surface area (Å²) in [6.07, 6.45) is -4.51. The predicted molar refractivity (Wildman–Crippen MR) is 68.7 cm³/mol. The zero-order valence-corrected chi connectivity index (χ0v) is 11.2. The van der Waals surface area contributed by atoms with Crippen LogP contribution in [0.4, 0.5) is 23.2 Å². The van der Waals surface area contributed by atoms with E-state index in [0.717, 1.165) is 36.4 Å². The van der Waals surface area contributed by atoms with Crippen molar-refractivity contribution >= 4 is 15.7 Å². The Bertz CT molecular complexity index is 740. The van der Waals surface area contributed by atoms with Gasteiger partial charge in [-0.3, -0.25) is 4.72 Å². The number of halogens is 4. The molecule has 1 N–H and O–H groups in total. The van der Waals surface area contributed by atoms with Crippen molar-refractivity contribution in [1.29, 1.82) is 0 Å². The normalized spacial score (nSPS) is 12.2. The smallest absolute Gasteiger partial charge is 0.280 e. The van der Waals surface area contributed by atoms with Crippen LogP contribution in [-0.2, 0) is 16.2 Å². The summed E-state index contributed by atoms with van der Waals surface area (Å²) in [6.45, 7) is 0. The molecule has 0 bridgehead atoms. The van der Waals surface area contributed by atoms with Gasteiger partial charge < -0.3 is 0 Å². The lowest BCUT2D eigenvalue weighted by Gasteiger charge is -2.10. The van der Waals surface area contributed by atoms with Crippen molar-refractivity contribution in [3.63, 3.8) is 0 Å². The highest BCUT2D eigenvalue weighted by Gasteiger charge is 2.30. The van der Waals surface area contributed by atoms with E-state index < -0.39 is 32.5 Å². The maximum absolute atomic E-state index is 13.4. The van der Waals surface area contributed by atoms with Gasteiger partial charge in [-0.25, -0.2) is 12.8 Å².